The second-order valence-electron chi connectivity index (χ2n) is 3.77. The number of hydrogen-bond donors (Lipinski definition) is 0. The SMILES string of the molecule is Cc1nn(-c2ccc(Br)cc2)c(C)c1C(F)F. The van der Waals surface area contributed by atoms with Crippen LogP contribution in [-0.4, -0.2) is 9.78 Å². The molecule has 0 N–H and O–H groups in total. The maximum atomic E-state index is 12.8. The van der Waals surface area contributed by atoms with Gasteiger partial charge in [-0.2, -0.15) is 5.10 Å². The summed E-state index contributed by atoms with van der Waals surface area (Å²) in [6.45, 7) is 3.26. The Morgan fingerprint density at radius 1 is 1.18 bits per heavy atom. The Labute approximate surface area is 106 Å². The Kier molecular flexibility index (Phi) is 3.28. The van der Waals surface area contributed by atoms with E-state index in [1.54, 1.807) is 18.5 Å². The zero-order valence-electron chi connectivity index (χ0n) is 9.42. The van der Waals surface area contributed by atoms with E-state index in [0.717, 1.165) is 10.2 Å². The zero-order chi connectivity index (χ0) is 12.6. The third-order valence-electron chi connectivity index (χ3n) is 2.64. The van der Waals surface area contributed by atoms with Crippen molar-refractivity contribution in [2.24, 2.45) is 0 Å². The van der Waals surface area contributed by atoms with Gasteiger partial charge in [-0.05, 0) is 38.1 Å². The van der Waals surface area contributed by atoms with Crippen LogP contribution in [0.1, 0.15) is 23.4 Å². The summed E-state index contributed by atoms with van der Waals surface area (Å²) in [4.78, 5) is 0. The van der Waals surface area contributed by atoms with Gasteiger partial charge in [0.2, 0.25) is 0 Å². The maximum absolute atomic E-state index is 12.8. The fraction of sp³-hybridized carbons (Fsp3) is 0.250. The summed E-state index contributed by atoms with van der Waals surface area (Å²) in [5.41, 5.74) is 1.66. The molecule has 2 rings (SSSR count). The van der Waals surface area contributed by atoms with Crippen molar-refractivity contribution in [3.8, 4) is 5.69 Å². The average Bonchev–Trinajstić information content (AvgIpc) is 2.55. The van der Waals surface area contributed by atoms with E-state index in [-0.39, 0.29) is 5.56 Å². The first-order valence-corrected chi connectivity index (χ1v) is 5.90. The van der Waals surface area contributed by atoms with Gasteiger partial charge in [0.25, 0.3) is 6.43 Å². The molecule has 0 aliphatic heterocycles. The lowest BCUT2D eigenvalue weighted by atomic mass is 10.2. The summed E-state index contributed by atoms with van der Waals surface area (Å²) in [5, 5.41) is 4.15. The summed E-state index contributed by atoms with van der Waals surface area (Å²) < 4.78 is 28.1. The molecule has 0 amide bonds. The van der Waals surface area contributed by atoms with Gasteiger partial charge in [-0.15, -0.1) is 0 Å². The van der Waals surface area contributed by atoms with Gasteiger partial charge in [0.05, 0.1) is 22.6 Å². The van der Waals surface area contributed by atoms with E-state index >= 15 is 0 Å². The van der Waals surface area contributed by atoms with Crippen molar-refractivity contribution in [2.75, 3.05) is 0 Å². The Hall–Kier alpha value is -1.23. The molecule has 1 aromatic carbocycles. The molecule has 0 unspecified atom stereocenters. The van der Waals surface area contributed by atoms with Gasteiger partial charge in [0, 0.05) is 4.47 Å². The largest absolute Gasteiger partial charge is 0.267 e. The van der Waals surface area contributed by atoms with Crippen LogP contribution in [0.4, 0.5) is 8.78 Å². The fourth-order valence-electron chi connectivity index (χ4n) is 1.80. The number of benzene rings is 1. The summed E-state index contributed by atoms with van der Waals surface area (Å²) in [7, 11) is 0. The van der Waals surface area contributed by atoms with Crippen molar-refractivity contribution in [3.05, 3.63) is 45.7 Å². The molecule has 0 atom stereocenters. The van der Waals surface area contributed by atoms with Crippen molar-refractivity contribution >= 4 is 15.9 Å². The van der Waals surface area contributed by atoms with Gasteiger partial charge in [0.15, 0.2) is 0 Å². The molecule has 0 aliphatic rings. The highest BCUT2D eigenvalue weighted by atomic mass is 79.9. The lowest BCUT2D eigenvalue weighted by molar-refractivity contribution is 0.150. The second-order valence-corrected chi connectivity index (χ2v) is 4.69. The van der Waals surface area contributed by atoms with Crippen LogP contribution in [0.25, 0.3) is 5.69 Å². The van der Waals surface area contributed by atoms with Crippen molar-refractivity contribution < 1.29 is 8.78 Å². The minimum atomic E-state index is -2.49. The highest BCUT2D eigenvalue weighted by Gasteiger charge is 2.20. The minimum Gasteiger partial charge on any atom is -0.237 e. The Morgan fingerprint density at radius 3 is 2.24 bits per heavy atom. The van der Waals surface area contributed by atoms with Crippen LogP contribution in [-0.2, 0) is 0 Å². The van der Waals surface area contributed by atoms with E-state index in [4.69, 9.17) is 0 Å². The average molecular weight is 301 g/mol. The molecule has 1 aromatic heterocycles. The number of rotatable bonds is 2. The predicted octanol–water partition coefficient (Wildman–Crippen LogP) is 4.19. The maximum Gasteiger partial charge on any atom is 0.267 e. The second kappa shape index (κ2) is 4.56. The molecule has 17 heavy (non-hydrogen) atoms. The lowest BCUT2D eigenvalue weighted by Crippen LogP contribution is -1.99. The van der Waals surface area contributed by atoms with Crippen molar-refractivity contribution in [2.45, 2.75) is 20.3 Å². The topological polar surface area (TPSA) is 17.8 Å². The summed E-state index contributed by atoms with van der Waals surface area (Å²) in [5.74, 6) is 0. The number of nitrogens with zero attached hydrogens (tertiary/aromatic N) is 2. The van der Waals surface area contributed by atoms with E-state index in [9.17, 15) is 8.78 Å². The Balaban J connectivity index is 2.53. The van der Waals surface area contributed by atoms with Crippen LogP contribution in [0.3, 0.4) is 0 Å². The van der Waals surface area contributed by atoms with Crippen molar-refractivity contribution in [1.29, 1.82) is 0 Å². The number of aromatic nitrogens is 2. The van der Waals surface area contributed by atoms with Crippen LogP contribution < -0.4 is 0 Å². The normalized spacial score (nSPS) is 11.2. The molecule has 0 saturated heterocycles. The molecule has 0 aliphatic carbocycles. The highest BCUT2D eigenvalue weighted by Crippen LogP contribution is 2.27. The molecule has 0 radical (unpaired) electrons. The van der Waals surface area contributed by atoms with Gasteiger partial charge in [-0.3, -0.25) is 0 Å². The minimum absolute atomic E-state index is 0.0212. The Morgan fingerprint density at radius 2 is 1.76 bits per heavy atom. The zero-order valence-corrected chi connectivity index (χ0v) is 11.0. The molecule has 0 saturated carbocycles. The molecular formula is C12H11BrF2N2. The van der Waals surface area contributed by atoms with Gasteiger partial charge in [-0.1, -0.05) is 15.9 Å². The van der Waals surface area contributed by atoms with E-state index < -0.39 is 6.43 Å². The molecule has 0 fully saturated rings. The van der Waals surface area contributed by atoms with E-state index in [2.05, 4.69) is 21.0 Å². The third kappa shape index (κ3) is 2.24. The monoisotopic (exact) mass is 300 g/mol. The van der Waals surface area contributed by atoms with Gasteiger partial charge < -0.3 is 0 Å². The number of alkyl halides is 2. The van der Waals surface area contributed by atoms with Crippen LogP contribution in [0, 0.1) is 13.8 Å². The Bertz CT molecular complexity index is 532. The lowest BCUT2D eigenvalue weighted by Gasteiger charge is -2.05. The quantitative estimate of drug-likeness (QED) is 0.813. The standard InChI is InChI=1S/C12H11BrF2N2/c1-7-11(12(14)15)8(2)17(16-7)10-5-3-9(13)4-6-10/h3-6,12H,1-2H3. The van der Waals surface area contributed by atoms with Gasteiger partial charge in [0.1, 0.15) is 0 Å². The van der Waals surface area contributed by atoms with Gasteiger partial charge >= 0.3 is 0 Å². The van der Waals surface area contributed by atoms with Gasteiger partial charge in [-0.25, -0.2) is 13.5 Å². The highest BCUT2D eigenvalue weighted by molar-refractivity contribution is 9.10. The number of aryl methyl sites for hydroxylation is 1. The summed E-state index contributed by atoms with van der Waals surface area (Å²) >= 11 is 3.33. The fourth-order valence-corrected chi connectivity index (χ4v) is 2.07. The van der Waals surface area contributed by atoms with E-state index in [0.29, 0.717) is 11.4 Å². The predicted molar refractivity (Wildman–Crippen MR) is 65.7 cm³/mol. The molecule has 5 heteroatoms. The molecule has 0 bridgehead atoms. The molecule has 1 heterocycles. The van der Waals surface area contributed by atoms with E-state index in [1.165, 1.54) is 0 Å². The molecular weight excluding hydrogens is 290 g/mol. The smallest absolute Gasteiger partial charge is 0.237 e. The van der Waals surface area contributed by atoms with Crippen LogP contribution in [0.2, 0.25) is 0 Å². The van der Waals surface area contributed by atoms with Crippen LogP contribution in [0.15, 0.2) is 28.7 Å². The van der Waals surface area contributed by atoms with Crippen LogP contribution >= 0.6 is 15.9 Å². The van der Waals surface area contributed by atoms with Crippen molar-refractivity contribution in [3.63, 3.8) is 0 Å². The van der Waals surface area contributed by atoms with E-state index in [1.807, 2.05) is 24.3 Å². The van der Waals surface area contributed by atoms with Crippen molar-refractivity contribution in [1.82, 2.24) is 9.78 Å². The molecule has 2 aromatic rings. The summed E-state index contributed by atoms with van der Waals surface area (Å²) in [6.07, 6.45) is -2.49. The first-order valence-electron chi connectivity index (χ1n) is 5.11. The first kappa shape index (κ1) is 12.2. The first-order chi connectivity index (χ1) is 8.00. The molecule has 0 spiro atoms. The summed E-state index contributed by atoms with van der Waals surface area (Å²) in [6, 6.07) is 7.37. The third-order valence-corrected chi connectivity index (χ3v) is 3.17. The molecule has 2 nitrogen and oxygen atoms in total. The number of hydrogen-bond acceptors (Lipinski definition) is 1. The number of halogens is 3. The van der Waals surface area contributed by atoms with Crippen LogP contribution in [0.5, 0.6) is 0 Å². The molecule has 90 valence electrons.